The van der Waals surface area contributed by atoms with Gasteiger partial charge in [0.15, 0.2) is 12.6 Å². The summed E-state index contributed by atoms with van der Waals surface area (Å²) in [7, 11) is 0. The smallest absolute Gasteiger partial charge is 0.192 e. The third kappa shape index (κ3) is 1.60. The molecule has 0 radical (unpaired) electrons. The maximum absolute atomic E-state index is 5.38. The van der Waals surface area contributed by atoms with Crippen molar-refractivity contribution in [1.29, 1.82) is 0 Å². The van der Waals surface area contributed by atoms with Crippen molar-refractivity contribution in [3.05, 3.63) is 42.5 Å². The van der Waals surface area contributed by atoms with Gasteiger partial charge in [0.2, 0.25) is 0 Å². The summed E-state index contributed by atoms with van der Waals surface area (Å²) in [5.74, 6) is 0. The van der Waals surface area contributed by atoms with Gasteiger partial charge in [-0.3, -0.25) is 4.98 Å². The molecule has 0 bridgehead atoms. The van der Waals surface area contributed by atoms with Crippen molar-refractivity contribution < 1.29 is 9.47 Å². The number of aromatic nitrogens is 3. The molecule has 16 heavy (non-hydrogen) atoms. The minimum atomic E-state index is -0.277. The first-order valence-corrected chi connectivity index (χ1v) is 5.09. The lowest BCUT2D eigenvalue weighted by Gasteiger charge is -2.32. The Morgan fingerprint density at radius 1 is 1.31 bits per heavy atom. The fourth-order valence-corrected chi connectivity index (χ4v) is 1.60. The van der Waals surface area contributed by atoms with Crippen LogP contribution in [0.15, 0.2) is 36.9 Å². The average Bonchev–Trinajstić information content (AvgIpc) is 2.75. The molecule has 2 aromatic rings. The van der Waals surface area contributed by atoms with E-state index in [1.807, 2.05) is 25.3 Å². The van der Waals surface area contributed by atoms with Crippen molar-refractivity contribution in [3.8, 4) is 5.69 Å². The third-order valence-corrected chi connectivity index (χ3v) is 2.42. The Morgan fingerprint density at radius 3 is 2.88 bits per heavy atom. The van der Waals surface area contributed by atoms with Crippen LogP contribution < -0.4 is 0 Å². The Morgan fingerprint density at radius 2 is 2.19 bits per heavy atom. The topological polar surface area (TPSA) is 49.2 Å². The van der Waals surface area contributed by atoms with Gasteiger partial charge >= 0.3 is 0 Å². The second kappa shape index (κ2) is 3.70. The third-order valence-electron chi connectivity index (χ3n) is 2.42. The normalized spacial score (nSPS) is 24.1. The molecular weight excluding hydrogens is 206 g/mol. The Kier molecular flexibility index (Phi) is 2.19. The Labute approximate surface area is 92.6 Å². The van der Waals surface area contributed by atoms with Gasteiger partial charge < -0.3 is 9.47 Å². The van der Waals surface area contributed by atoms with Crippen molar-refractivity contribution in [2.75, 3.05) is 0 Å². The first kappa shape index (κ1) is 9.50. The van der Waals surface area contributed by atoms with E-state index in [9.17, 15) is 0 Å². The highest BCUT2D eigenvalue weighted by Crippen LogP contribution is 2.31. The first-order valence-electron chi connectivity index (χ1n) is 5.09. The Balaban J connectivity index is 1.83. The van der Waals surface area contributed by atoms with E-state index in [4.69, 9.17) is 9.47 Å². The molecule has 0 N–H and O–H groups in total. The van der Waals surface area contributed by atoms with E-state index < -0.39 is 0 Å². The lowest BCUT2D eigenvalue weighted by molar-refractivity contribution is -0.382. The van der Waals surface area contributed by atoms with Gasteiger partial charge in [0.25, 0.3) is 0 Å². The van der Waals surface area contributed by atoms with Gasteiger partial charge in [-0.25, -0.2) is 4.68 Å². The minimum Gasteiger partial charge on any atom is -0.319 e. The molecule has 0 amide bonds. The van der Waals surface area contributed by atoms with Crippen molar-refractivity contribution >= 4 is 0 Å². The van der Waals surface area contributed by atoms with E-state index in [0.717, 1.165) is 11.3 Å². The molecule has 0 unspecified atom stereocenters. The molecule has 1 aliphatic heterocycles. The fourth-order valence-electron chi connectivity index (χ4n) is 1.60. The molecule has 3 heterocycles. The second-order valence-electron chi connectivity index (χ2n) is 3.60. The molecule has 2 aromatic heterocycles. The molecule has 0 spiro atoms. The SMILES string of the molecule is CC1OC(c2cnn(-c3cccnc3)c2)O1. The zero-order valence-corrected chi connectivity index (χ0v) is 8.78. The average molecular weight is 217 g/mol. The molecule has 0 aromatic carbocycles. The number of ether oxygens (including phenoxy) is 2. The van der Waals surface area contributed by atoms with Gasteiger partial charge in [0.1, 0.15) is 0 Å². The number of hydrogen-bond donors (Lipinski definition) is 0. The fraction of sp³-hybridized carbons (Fsp3) is 0.273. The Hall–Kier alpha value is -1.72. The van der Waals surface area contributed by atoms with E-state index in [-0.39, 0.29) is 12.6 Å². The van der Waals surface area contributed by atoms with E-state index in [0.29, 0.717) is 0 Å². The van der Waals surface area contributed by atoms with Gasteiger partial charge in [0.05, 0.1) is 18.1 Å². The summed E-state index contributed by atoms with van der Waals surface area (Å²) in [4.78, 5) is 4.04. The highest BCUT2D eigenvalue weighted by molar-refractivity contribution is 5.27. The quantitative estimate of drug-likeness (QED) is 0.767. The van der Waals surface area contributed by atoms with Gasteiger partial charge in [-0.1, -0.05) is 0 Å². The van der Waals surface area contributed by atoms with Crippen LogP contribution in [-0.4, -0.2) is 21.1 Å². The number of rotatable bonds is 2. The highest BCUT2D eigenvalue weighted by Gasteiger charge is 2.29. The van der Waals surface area contributed by atoms with Crippen LogP contribution in [0.4, 0.5) is 0 Å². The molecule has 3 rings (SSSR count). The summed E-state index contributed by atoms with van der Waals surface area (Å²) in [5, 5.41) is 4.23. The van der Waals surface area contributed by atoms with Crippen LogP contribution in [0.25, 0.3) is 5.69 Å². The molecule has 1 saturated heterocycles. The predicted octanol–water partition coefficient (Wildman–Crippen LogP) is 1.66. The molecular formula is C11H11N3O2. The maximum Gasteiger partial charge on any atom is 0.192 e. The van der Waals surface area contributed by atoms with Gasteiger partial charge in [-0.15, -0.1) is 0 Å². The van der Waals surface area contributed by atoms with Crippen molar-refractivity contribution in [2.24, 2.45) is 0 Å². The molecule has 5 heteroatoms. The zero-order chi connectivity index (χ0) is 11.0. The van der Waals surface area contributed by atoms with Crippen LogP contribution in [0, 0.1) is 0 Å². The van der Waals surface area contributed by atoms with Crippen LogP contribution in [0.1, 0.15) is 18.8 Å². The summed E-state index contributed by atoms with van der Waals surface area (Å²) in [6.07, 6.45) is 6.71. The molecule has 1 aliphatic rings. The van der Waals surface area contributed by atoms with Crippen LogP contribution in [0.5, 0.6) is 0 Å². The summed E-state index contributed by atoms with van der Waals surface area (Å²) < 4.78 is 12.5. The summed E-state index contributed by atoms with van der Waals surface area (Å²) in [5.41, 5.74) is 1.84. The second-order valence-corrected chi connectivity index (χ2v) is 3.60. The number of pyridine rings is 1. The minimum absolute atomic E-state index is 0.119. The van der Waals surface area contributed by atoms with E-state index >= 15 is 0 Å². The van der Waals surface area contributed by atoms with E-state index in [1.54, 1.807) is 23.3 Å². The maximum atomic E-state index is 5.38. The number of nitrogens with zero attached hydrogens (tertiary/aromatic N) is 3. The van der Waals surface area contributed by atoms with Gasteiger partial charge in [0, 0.05) is 18.0 Å². The molecule has 0 atom stereocenters. The van der Waals surface area contributed by atoms with Crippen LogP contribution in [0.2, 0.25) is 0 Å². The van der Waals surface area contributed by atoms with Crippen LogP contribution in [0.3, 0.4) is 0 Å². The van der Waals surface area contributed by atoms with E-state index in [1.165, 1.54) is 0 Å². The van der Waals surface area contributed by atoms with Crippen molar-refractivity contribution in [3.63, 3.8) is 0 Å². The molecule has 1 fully saturated rings. The highest BCUT2D eigenvalue weighted by atomic mass is 16.9. The summed E-state index contributed by atoms with van der Waals surface area (Å²) in [6.45, 7) is 1.86. The van der Waals surface area contributed by atoms with E-state index in [2.05, 4.69) is 10.1 Å². The van der Waals surface area contributed by atoms with Crippen molar-refractivity contribution in [1.82, 2.24) is 14.8 Å². The zero-order valence-electron chi connectivity index (χ0n) is 8.78. The monoisotopic (exact) mass is 217 g/mol. The largest absolute Gasteiger partial charge is 0.319 e. The lowest BCUT2D eigenvalue weighted by Crippen LogP contribution is -2.31. The van der Waals surface area contributed by atoms with Crippen molar-refractivity contribution in [2.45, 2.75) is 19.5 Å². The summed E-state index contributed by atoms with van der Waals surface area (Å²) >= 11 is 0. The number of hydrogen-bond acceptors (Lipinski definition) is 4. The molecule has 82 valence electrons. The summed E-state index contributed by atoms with van der Waals surface area (Å²) in [6, 6.07) is 3.81. The van der Waals surface area contributed by atoms with Gasteiger partial charge in [-0.2, -0.15) is 5.10 Å². The Bertz CT molecular complexity index is 477. The molecule has 5 nitrogen and oxygen atoms in total. The van der Waals surface area contributed by atoms with Crippen LogP contribution >= 0.6 is 0 Å². The predicted molar refractivity (Wildman–Crippen MR) is 55.7 cm³/mol. The first-order chi connectivity index (χ1) is 7.83. The van der Waals surface area contributed by atoms with Gasteiger partial charge in [-0.05, 0) is 19.1 Å². The van der Waals surface area contributed by atoms with Crippen LogP contribution in [-0.2, 0) is 9.47 Å². The standard InChI is InChI=1S/C11H11N3O2/c1-8-15-11(16-8)9-5-13-14(7-9)10-3-2-4-12-6-10/h2-8,11H,1H3. The molecule has 0 saturated carbocycles. The lowest BCUT2D eigenvalue weighted by atomic mass is 10.3. The molecule has 0 aliphatic carbocycles.